The minimum Gasteiger partial charge on any atom is -0.326 e. The van der Waals surface area contributed by atoms with Gasteiger partial charge in [0, 0.05) is 18.5 Å². The molecule has 0 aromatic heterocycles. The smallest absolute Gasteiger partial charge is 0.224 e. The van der Waals surface area contributed by atoms with Crippen LogP contribution in [0.4, 0.5) is 5.69 Å². The van der Waals surface area contributed by atoms with Crippen molar-refractivity contribution in [3.8, 4) is 0 Å². The van der Waals surface area contributed by atoms with Crippen LogP contribution in [-0.4, -0.2) is 11.7 Å². The van der Waals surface area contributed by atoms with Crippen LogP contribution < -0.4 is 5.32 Å². The van der Waals surface area contributed by atoms with Gasteiger partial charge in [0.05, 0.1) is 0 Å². The Kier molecular flexibility index (Phi) is 4.68. The van der Waals surface area contributed by atoms with Gasteiger partial charge >= 0.3 is 0 Å². The molecular weight excluding hydrogens is 358 g/mol. The first-order chi connectivity index (χ1) is 14.0. The Hall–Kier alpha value is -1.90. The molecule has 1 aromatic carbocycles. The number of benzene rings is 1. The van der Waals surface area contributed by atoms with Gasteiger partial charge in [-0.3, -0.25) is 9.59 Å². The molecule has 5 atom stereocenters. The maximum Gasteiger partial charge on any atom is 0.224 e. The lowest BCUT2D eigenvalue weighted by atomic mass is 9.47. The van der Waals surface area contributed by atoms with E-state index in [9.17, 15) is 9.59 Å². The van der Waals surface area contributed by atoms with Crippen molar-refractivity contribution in [1.82, 2.24) is 0 Å². The van der Waals surface area contributed by atoms with E-state index in [1.54, 1.807) is 0 Å². The molecule has 3 heteroatoms. The van der Waals surface area contributed by atoms with Crippen LogP contribution in [0.3, 0.4) is 0 Å². The van der Waals surface area contributed by atoms with Gasteiger partial charge in [-0.15, -0.1) is 0 Å². The van der Waals surface area contributed by atoms with Gasteiger partial charge in [0.25, 0.3) is 0 Å². The average Bonchev–Trinajstić information content (AvgIpc) is 3.13. The van der Waals surface area contributed by atoms with Crippen LogP contribution in [0.1, 0.15) is 71.1 Å². The third-order valence-corrected chi connectivity index (χ3v) is 9.06. The summed E-state index contributed by atoms with van der Waals surface area (Å²) in [4.78, 5) is 25.0. The molecule has 0 unspecified atom stereocenters. The number of nitrogens with one attached hydrogen (secondary N) is 1. The highest BCUT2D eigenvalue weighted by molar-refractivity contribution is 5.92. The standard InChI is InChI=1S/C26H33NO2/c1-25-14-11-20(28)16-18(25)9-10-21-22(25)12-15-26(13-5-8-23(21)26)17-24(29)27-19-6-3-2-4-7-19/h2-4,6-7,16,21-23H,5,8-15,17H2,1H3,(H,27,29)/t21-,22+,23+,25+,26+/m1/s1. The zero-order valence-electron chi connectivity index (χ0n) is 17.6. The molecule has 0 saturated heterocycles. The maximum atomic E-state index is 12.9. The van der Waals surface area contributed by atoms with Crippen LogP contribution >= 0.6 is 0 Å². The summed E-state index contributed by atoms with van der Waals surface area (Å²) in [5.41, 5.74) is 2.76. The minimum absolute atomic E-state index is 0.187. The summed E-state index contributed by atoms with van der Waals surface area (Å²) < 4.78 is 0. The van der Waals surface area contributed by atoms with Gasteiger partial charge < -0.3 is 5.32 Å². The quantitative estimate of drug-likeness (QED) is 0.695. The highest BCUT2D eigenvalue weighted by Crippen LogP contribution is 2.66. The molecule has 4 aliphatic carbocycles. The molecule has 3 nitrogen and oxygen atoms in total. The molecule has 5 rings (SSSR count). The van der Waals surface area contributed by atoms with Gasteiger partial charge in [-0.2, -0.15) is 0 Å². The first-order valence-corrected chi connectivity index (χ1v) is 11.6. The third kappa shape index (κ3) is 3.17. The number of fused-ring (bicyclic) bond motifs is 5. The molecule has 0 spiro atoms. The van der Waals surface area contributed by atoms with Crippen molar-refractivity contribution in [3.63, 3.8) is 0 Å². The number of anilines is 1. The van der Waals surface area contributed by atoms with E-state index in [0.717, 1.165) is 30.9 Å². The van der Waals surface area contributed by atoms with Gasteiger partial charge in [0.1, 0.15) is 0 Å². The Balaban J connectivity index is 1.36. The fourth-order valence-electron chi connectivity index (χ4n) is 7.71. The van der Waals surface area contributed by atoms with Crippen molar-refractivity contribution < 1.29 is 9.59 Å². The molecule has 0 aliphatic heterocycles. The molecule has 3 fully saturated rings. The van der Waals surface area contributed by atoms with Crippen LogP contribution in [-0.2, 0) is 9.59 Å². The monoisotopic (exact) mass is 391 g/mol. The van der Waals surface area contributed by atoms with E-state index in [2.05, 4.69) is 12.2 Å². The van der Waals surface area contributed by atoms with Crippen molar-refractivity contribution in [3.05, 3.63) is 42.0 Å². The van der Waals surface area contributed by atoms with E-state index in [0.29, 0.717) is 24.0 Å². The van der Waals surface area contributed by atoms with E-state index in [1.807, 2.05) is 36.4 Å². The number of rotatable bonds is 3. The predicted octanol–water partition coefficient (Wildman–Crippen LogP) is 5.92. The Morgan fingerprint density at radius 3 is 2.69 bits per heavy atom. The summed E-state index contributed by atoms with van der Waals surface area (Å²) in [5, 5.41) is 3.14. The van der Waals surface area contributed by atoms with Crippen LogP contribution in [0.2, 0.25) is 0 Å². The number of hydrogen-bond acceptors (Lipinski definition) is 2. The Bertz CT molecular complexity index is 844. The molecule has 0 bridgehead atoms. The largest absolute Gasteiger partial charge is 0.326 e. The van der Waals surface area contributed by atoms with E-state index < -0.39 is 0 Å². The minimum atomic E-state index is 0.187. The number of amides is 1. The van der Waals surface area contributed by atoms with E-state index >= 15 is 0 Å². The van der Waals surface area contributed by atoms with Gasteiger partial charge in [-0.25, -0.2) is 0 Å². The van der Waals surface area contributed by atoms with Crippen LogP contribution in [0, 0.1) is 28.6 Å². The second kappa shape index (κ2) is 7.11. The first-order valence-electron chi connectivity index (χ1n) is 11.6. The lowest BCUT2D eigenvalue weighted by molar-refractivity contribution is -0.124. The molecule has 1 aromatic rings. The second-order valence-corrected chi connectivity index (χ2v) is 10.4. The normalized spacial score (nSPS) is 38.4. The summed E-state index contributed by atoms with van der Waals surface area (Å²) in [6.07, 6.45) is 12.9. The van der Waals surface area contributed by atoms with Crippen LogP contribution in [0.5, 0.6) is 0 Å². The summed E-state index contributed by atoms with van der Waals surface area (Å²) >= 11 is 0. The average molecular weight is 392 g/mol. The van der Waals surface area contributed by atoms with E-state index in [-0.39, 0.29) is 16.7 Å². The number of para-hydroxylation sites is 1. The van der Waals surface area contributed by atoms with Crippen molar-refractivity contribution in [2.45, 2.75) is 71.1 Å². The molecule has 29 heavy (non-hydrogen) atoms. The topological polar surface area (TPSA) is 46.2 Å². The fraction of sp³-hybridized carbons (Fsp3) is 0.615. The van der Waals surface area contributed by atoms with E-state index in [4.69, 9.17) is 0 Å². The number of ketones is 1. The lowest BCUT2D eigenvalue weighted by Gasteiger charge is -2.58. The van der Waals surface area contributed by atoms with Gasteiger partial charge in [-0.1, -0.05) is 37.1 Å². The molecular formula is C26H33NO2. The number of hydrogen-bond donors (Lipinski definition) is 1. The zero-order chi connectivity index (χ0) is 20.1. The van der Waals surface area contributed by atoms with Crippen molar-refractivity contribution in [1.29, 1.82) is 0 Å². The van der Waals surface area contributed by atoms with Crippen molar-refractivity contribution >= 4 is 17.4 Å². The predicted molar refractivity (Wildman–Crippen MR) is 115 cm³/mol. The summed E-state index contributed by atoms with van der Waals surface area (Å²) in [6.45, 7) is 2.44. The first kappa shape index (κ1) is 19.1. The summed E-state index contributed by atoms with van der Waals surface area (Å²) in [5.74, 6) is 2.63. The van der Waals surface area contributed by atoms with Gasteiger partial charge in [-0.05, 0) is 91.7 Å². The number of allylic oxidation sites excluding steroid dienone is 1. The fourth-order valence-corrected chi connectivity index (χ4v) is 7.71. The number of carbonyl (C=O) groups excluding carboxylic acids is 2. The van der Waals surface area contributed by atoms with E-state index in [1.165, 1.54) is 44.1 Å². The number of carbonyl (C=O) groups is 2. The Labute approximate surface area is 174 Å². The molecule has 4 aliphatic rings. The summed E-state index contributed by atoms with van der Waals surface area (Å²) in [6, 6.07) is 9.87. The third-order valence-electron chi connectivity index (χ3n) is 9.06. The summed E-state index contributed by atoms with van der Waals surface area (Å²) in [7, 11) is 0. The maximum absolute atomic E-state index is 12.9. The second-order valence-electron chi connectivity index (χ2n) is 10.4. The molecule has 154 valence electrons. The zero-order valence-corrected chi connectivity index (χ0v) is 17.6. The van der Waals surface area contributed by atoms with Crippen LogP contribution in [0.25, 0.3) is 0 Å². The molecule has 1 amide bonds. The SMILES string of the molecule is C[C@]12CCC(=O)C=C1CC[C@H]1[C@@H]3CCC[C@@]3(CC(=O)Nc3ccccc3)CC[C@@H]12. The highest BCUT2D eigenvalue weighted by atomic mass is 16.1. The molecule has 1 N–H and O–H groups in total. The molecule has 0 heterocycles. The molecule has 0 radical (unpaired) electrons. The van der Waals surface area contributed by atoms with Gasteiger partial charge in [0.15, 0.2) is 5.78 Å². The van der Waals surface area contributed by atoms with Crippen molar-refractivity contribution in [2.75, 3.05) is 5.32 Å². The Morgan fingerprint density at radius 2 is 1.86 bits per heavy atom. The highest BCUT2D eigenvalue weighted by Gasteiger charge is 2.58. The van der Waals surface area contributed by atoms with Crippen molar-refractivity contribution in [2.24, 2.45) is 28.6 Å². The van der Waals surface area contributed by atoms with Gasteiger partial charge in [0.2, 0.25) is 5.91 Å². The lowest BCUT2D eigenvalue weighted by Crippen LogP contribution is -2.50. The Morgan fingerprint density at radius 1 is 1.03 bits per heavy atom. The molecule has 3 saturated carbocycles. The van der Waals surface area contributed by atoms with Crippen LogP contribution in [0.15, 0.2) is 42.0 Å².